The first-order valence-corrected chi connectivity index (χ1v) is 9.60. The van der Waals surface area contributed by atoms with Gasteiger partial charge >= 0.3 is 0 Å². The summed E-state index contributed by atoms with van der Waals surface area (Å²) in [5.41, 5.74) is 6.20. The van der Waals surface area contributed by atoms with E-state index in [-0.39, 0.29) is 24.0 Å². The molecule has 2 aliphatic heterocycles. The van der Waals surface area contributed by atoms with Crippen molar-refractivity contribution in [2.24, 2.45) is 22.6 Å². The highest BCUT2D eigenvalue weighted by molar-refractivity contribution is 14.0. The first kappa shape index (κ1) is 20.4. The maximum Gasteiger partial charge on any atom is 0.191 e. The van der Waals surface area contributed by atoms with Crippen LogP contribution in [0.5, 0.6) is 0 Å². The first-order chi connectivity index (χ1) is 10.1. The number of halogens is 1. The van der Waals surface area contributed by atoms with Gasteiger partial charge in [-0.2, -0.15) is 11.8 Å². The molecule has 1 atom stereocenters. The molecule has 0 saturated carbocycles. The fraction of sp³-hybridized carbons (Fsp3) is 0.938. The first-order valence-electron chi connectivity index (χ1n) is 8.44. The van der Waals surface area contributed by atoms with Crippen LogP contribution < -0.4 is 5.73 Å². The topological polar surface area (TPSA) is 44.9 Å². The molecule has 0 radical (unpaired) electrons. The van der Waals surface area contributed by atoms with Gasteiger partial charge in [0, 0.05) is 30.6 Å². The number of guanidine groups is 1. The van der Waals surface area contributed by atoms with Gasteiger partial charge in [0.25, 0.3) is 0 Å². The van der Waals surface area contributed by atoms with Gasteiger partial charge in [0.1, 0.15) is 0 Å². The Morgan fingerprint density at radius 1 is 1.18 bits per heavy atom. The third-order valence-corrected chi connectivity index (χ3v) is 5.77. The second-order valence-corrected chi connectivity index (χ2v) is 8.05. The van der Waals surface area contributed by atoms with Crippen LogP contribution in [0.15, 0.2) is 4.99 Å². The smallest absolute Gasteiger partial charge is 0.191 e. The third kappa shape index (κ3) is 6.07. The third-order valence-electron chi connectivity index (χ3n) is 4.83. The molecule has 0 amide bonds. The van der Waals surface area contributed by atoms with Crippen molar-refractivity contribution in [3.63, 3.8) is 0 Å². The number of rotatable bonds is 4. The van der Waals surface area contributed by atoms with Crippen LogP contribution in [0.2, 0.25) is 0 Å². The lowest BCUT2D eigenvalue weighted by atomic mass is 9.94. The molecule has 0 aromatic heterocycles. The summed E-state index contributed by atoms with van der Waals surface area (Å²) >= 11 is 2.01. The van der Waals surface area contributed by atoms with Crippen molar-refractivity contribution in [1.82, 2.24) is 9.80 Å². The molecule has 0 spiro atoms. The van der Waals surface area contributed by atoms with E-state index in [9.17, 15) is 0 Å². The molecule has 2 heterocycles. The molecule has 1 unspecified atom stereocenters. The Hall–Kier alpha value is 0.310. The van der Waals surface area contributed by atoms with Gasteiger partial charge in [-0.05, 0) is 37.8 Å². The van der Waals surface area contributed by atoms with Gasteiger partial charge in [-0.15, -0.1) is 24.0 Å². The Kier molecular flexibility index (Phi) is 9.47. The average Bonchev–Trinajstić information content (AvgIpc) is 2.49. The summed E-state index contributed by atoms with van der Waals surface area (Å²) < 4.78 is 0. The number of nitrogens with two attached hydrogens (primary N) is 1. The molecule has 0 aliphatic carbocycles. The Labute approximate surface area is 157 Å². The van der Waals surface area contributed by atoms with Crippen molar-refractivity contribution < 1.29 is 0 Å². The van der Waals surface area contributed by atoms with Crippen molar-refractivity contribution >= 4 is 41.7 Å². The molecule has 0 aromatic rings. The van der Waals surface area contributed by atoms with Crippen LogP contribution in [0.1, 0.15) is 33.6 Å². The van der Waals surface area contributed by atoms with Gasteiger partial charge in [-0.25, -0.2) is 0 Å². The molecule has 2 fully saturated rings. The van der Waals surface area contributed by atoms with Crippen LogP contribution >= 0.6 is 35.7 Å². The number of piperidine rings is 1. The Bertz CT molecular complexity index is 337. The van der Waals surface area contributed by atoms with Gasteiger partial charge in [0.2, 0.25) is 0 Å². The maximum absolute atomic E-state index is 6.20. The van der Waals surface area contributed by atoms with Crippen LogP contribution in [0, 0.1) is 11.8 Å². The van der Waals surface area contributed by atoms with E-state index in [1.165, 1.54) is 37.4 Å². The zero-order valence-electron chi connectivity index (χ0n) is 14.3. The second kappa shape index (κ2) is 10.2. The molecule has 2 saturated heterocycles. The molecule has 4 nitrogen and oxygen atoms in total. The SMILES string of the molecule is CC1CCN(C(CN=C(N)N2CCSCC2)C(C)C)CC1.I. The van der Waals surface area contributed by atoms with E-state index >= 15 is 0 Å². The quantitative estimate of drug-likeness (QED) is 0.415. The summed E-state index contributed by atoms with van der Waals surface area (Å²) in [4.78, 5) is 9.61. The number of hydrogen-bond acceptors (Lipinski definition) is 3. The summed E-state index contributed by atoms with van der Waals surface area (Å²) in [5, 5.41) is 0. The van der Waals surface area contributed by atoms with Crippen LogP contribution in [-0.4, -0.2) is 66.0 Å². The second-order valence-electron chi connectivity index (χ2n) is 6.83. The largest absolute Gasteiger partial charge is 0.370 e. The molecule has 2 N–H and O–H groups in total. The Morgan fingerprint density at radius 2 is 1.77 bits per heavy atom. The molecule has 0 aromatic carbocycles. The molecule has 22 heavy (non-hydrogen) atoms. The monoisotopic (exact) mass is 440 g/mol. The highest BCUT2D eigenvalue weighted by atomic mass is 127. The molecule has 2 aliphatic rings. The van der Waals surface area contributed by atoms with E-state index in [4.69, 9.17) is 10.7 Å². The van der Waals surface area contributed by atoms with Crippen LogP contribution in [0.25, 0.3) is 0 Å². The van der Waals surface area contributed by atoms with Crippen LogP contribution in [0.3, 0.4) is 0 Å². The zero-order chi connectivity index (χ0) is 15.2. The molecular formula is C16H33IN4S. The number of likely N-dealkylation sites (tertiary alicyclic amines) is 1. The highest BCUT2D eigenvalue weighted by Crippen LogP contribution is 2.21. The molecular weight excluding hydrogens is 407 g/mol. The minimum Gasteiger partial charge on any atom is -0.370 e. The van der Waals surface area contributed by atoms with Gasteiger partial charge < -0.3 is 10.6 Å². The maximum atomic E-state index is 6.20. The Morgan fingerprint density at radius 3 is 2.32 bits per heavy atom. The molecule has 2 rings (SSSR count). The number of aliphatic imine (C=N–C) groups is 1. The van der Waals surface area contributed by atoms with Crippen molar-refractivity contribution in [1.29, 1.82) is 0 Å². The minimum absolute atomic E-state index is 0. The van der Waals surface area contributed by atoms with E-state index < -0.39 is 0 Å². The fourth-order valence-electron chi connectivity index (χ4n) is 3.19. The lowest BCUT2D eigenvalue weighted by Crippen LogP contribution is -2.47. The lowest BCUT2D eigenvalue weighted by molar-refractivity contribution is 0.113. The molecule has 0 bridgehead atoms. The number of nitrogens with zero attached hydrogens (tertiary/aromatic N) is 3. The van der Waals surface area contributed by atoms with Gasteiger partial charge in [-0.1, -0.05) is 20.8 Å². The van der Waals surface area contributed by atoms with E-state index in [1.54, 1.807) is 0 Å². The highest BCUT2D eigenvalue weighted by Gasteiger charge is 2.25. The summed E-state index contributed by atoms with van der Waals surface area (Å²) in [6.45, 7) is 12.4. The predicted octanol–water partition coefficient (Wildman–Crippen LogP) is 2.72. The van der Waals surface area contributed by atoms with Crippen molar-refractivity contribution in [2.45, 2.75) is 39.7 Å². The summed E-state index contributed by atoms with van der Waals surface area (Å²) in [6, 6.07) is 0.537. The van der Waals surface area contributed by atoms with E-state index in [2.05, 4.69) is 30.6 Å². The van der Waals surface area contributed by atoms with E-state index in [0.717, 1.165) is 31.5 Å². The summed E-state index contributed by atoms with van der Waals surface area (Å²) in [7, 11) is 0. The van der Waals surface area contributed by atoms with Gasteiger partial charge in [-0.3, -0.25) is 9.89 Å². The minimum atomic E-state index is 0. The lowest BCUT2D eigenvalue weighted by Gasteiger charge is -2.38. The Balaban J connectivity index is 0.00000242. The number of hydrogen-bond donors (Lipinski definition) is 1. The van der Waals surface area contributed by atoms with Crippen molar-refractivity contribution in [3.8, 4) is 0 Å². The normalized spacial score (nSPS) is 23.5. The van der Waals surface area contributed by atoms with Gasteiger partial charge in [0.05, 0.1) is 6.54 Å². The van der Waals surface area contributed by atoms with Gasteiger partial charge in [0.15, 0.2) is 5.96 Å². The van der Waals surface area contributed by atoms with Crippen LogP contribution in [-0.2, 0) is 0 Å². The summed E-state index contributed by atoms with van der Waals surface area (Å²) in [6.07, 6.45) is 2.65. The standard InChI is InChI=1S/C16H32N4S.HI/c1-13(2)15(19-6-4-14(3)5-7-19)12-18-16(17)20-8-10-21-11-9-20;/h13-15H,4-12H2,1-3H3,(H2,17,18);1H. The van der Waals surface area contributed by atoms with E-state index in [1.807, 2.05) is 11.8 Å². The van der Waals surface area contributed by atoms with E-state index in [0.29, 0.717) is 12.0 Å². The van der Waals surface area contributed by atoms with Crippen molar-refractivity contribution in [2.75, 3.05) is 44.2 Å². The molecule has 6 heteroatoms. The van der Waals surface area contributed by atoms with Crippen LogP contribution in [0.4, 0.5) is 0 Å². The zero-order valence-corrected chi connectivity index (χ0v) is 17.5. The average molecular weight is 440 g/mol. The number of thioether (sulfide) groups is 1. The summed E-state index contributed by atoms with van der Waals surface area (Å²) in [5.74, 6) is 4.62. The predicted molar refractivity (Wildman–Crippen MR) is 109 cm³/mol. The molecule has 130 valence electrons. The fourth-order valence-corrected chi connectivity index (χ4v) is 4.09. The van der Waals surface area contributed by atoms with Crippen molar-refractivity contribution in [3.05, 3.63) is 0 Å².